The van der Waals surface area contributed by atoms with Crippen LogP contribution < -0.4 is 0 Å². The van der Waals surface area contributed by atoms with Gasteiger partial charge in [0.1, 0.15) is 5.78 Å². The highest BCUT2D eigenvalue weighted by Gasteiger charge is 2.29. The number of hydrogen-bond donors (Lipinski definition) is 3. The van der Waals surface area contributed by atoms with Crippen molar-refractivity contribution in [2.75, 3.05) is 6.54 Å². The van der Waals surface area contributed by atoms with Crippen molar-refractivity contribution in [3.8, 4) is 0 Å². The molecule has 14 heavy (non-hydrogen) atoms. The molecule has 0 saturated heterocycles. The summed E-state index contributed by atoms with van der Waals surface area (Å²) in [5, 5.41) is 19.2. The fourth-order valence-corrected chi connectivity index (χ4v) is 1.99. The molecule has 1 atom stereocenters. The molecular formula is C6H13NO6P-. The molecule has 0 aromatic carbocycles. The minimum Gasteiger partial charge on any atom is -0.784 e. The zero-order valence-corrected chi connectivity index (χ0v) is 8.55. The molecule has 0 aliphatic rings. The molecule has 0 aliphatic carbocycles. The lowest BCUT2D eigenvalue weighted by Crippen LogP contribution is -2.34. The van der Waals surface area contributed by atoms with E-state index >= 15 is 0 Å². The SMILES string of the molecule is CCCC(N([O-])CC(=O)O)P(=O)(O)O. The Labute approximate surface area is 81.1 Å². The van der Waals surface area contributed by atoms with Gasteiger partial charge in [-0.05, 0) is 6.42 Å². The topological polar surface area (TPSA) is 121 Å². The lowest BCUT2D eigenvalue weighted by Gasteiger charge is -2.35. The number of carbonyl (C=O) groups is 1. The first kappa shape index (κ1) is 13.5. The summed E-state index contributed by atoms with van der Waals surface area (Å²) in [6.07, 6.45) is 0.370. The molecule has 0 saturated carbocycles. The highest BCUT2D eigenvalue weighted by atomic mass is 31.2. The molecule has 0 amide bonds. The van der Waals surface area contributed by atoms with Crippen LogP contribution in [0.4, 0.5) is 0 Å². The van der Waals surface area contributed by atoms with E-state index < -0.39 is 25.9 Å². The van der Waals surface area contributed by atoms with Crippen LogP contribution >= 0.6 is 7.60 Å². The van der Waals surface area contributed by atoms with Crippen LogP contribution in [0.3, 0.4) is 0 Å². The molecule has 0 fully saturated rings. The van der Waals surface area contributed by atoms with Crippen molar-refractivity contribution in [1.82, 2.24) is 5.06 Å². The number of aliphatic carboxylic acids is 1. The molecular weight excluding hydrogens is 213 g/mol. The Balaban J connectivity index is 4.49. The molecule has 1 unspecified atom stereocenters. The van der Waals surface area contributed by atoms with E-state index in [-0.39, 0.29) is 11.5 Å². The maximum absolute atomic E-state index is 11.0. The molecule has 0 bridgehead atoms. The summed E-state index contributed by atoms with van der Waals surface area (Å²) in [4.78, 5) is 27.7. The van der Waals surface area contributed by atoms with E-state index in [9.17, 15) is 14.6 Å². The zero-order valence-electron chi connectivity index (χ0n) is 7.66. The van der Waals surface area contributed by atoms with Crippen molar-refractivity contribution < 1.29 is 24.3 Å². The first-order chi connectivity index (χ1) is 6.29. The maximum Gasteiger partial charge on any atom is 0.341 e. The van der Waals surface area contributed by atoms with Crippen molar-refractivity contribution in [3.05, 3.63) is 5.21 Å². The molecule has 0 heterocycles. The van der Waals surface area contributed by atoms with Gasteiger partial charge in [-0.15, -0.1) is 0 Å². The molecule has 84 valence electrons. The van der Waals surface area contributed by atoms with Crippen LogP contribution in [0.15, 0.2) is 0 Å². The summed E-state index contributed by atoms with van der Waals surface area (Å²) in [5.74, 6) is -2.96. The summed E-state index contributed by atoms with van der Waals surface area (Å²) in [7, 11) is -4.55. The third-order valence-electron chi connectivity index (χ3n) is 1.56. The van der Waals surface area contributed by atoms with E-state index in [4.69, 9.17) is 14.9 Å². The molecule has 3 N–H and O–H groups in total. The van der Waals surface area contributed by atoms with Crippen LogP contribution in [-0.2, 0) is 9.36 Å². The fourth-order valence-electron chi connectivity index (χ4n) is 0.977. The fraction of sp³-hybridized carbons (Fsp3) is 0.833. The van der Waals surface area contributed by atoms with Gasteiger partial charge >= 0.3 is 13.6 Å². The highest BCUT2D eigenvalue weighted by molar-refractivity contribution is 7.52. The lowest BCUT2D eigenvalue weighted by molar-refractivity contribution is -0.137. The molecule has 0 aromatic rings. The normalized spacial score (nSPS) is 14.4. The first-order valence-electron chi connectivity index (χ1n) is 3.99. The third-order valence-corrected chi connectivity index (χ3v) is 2.85. The summed E-state index contributed by atoms with van der Waals surface area (Å²) < 4.78 is 10.8. The summed E-state index contributed by atoms with van der Waals surface area (Å²) in [5.41, 5.74) is 0. The minimum absolute atomic E-state index is 0.0267. The standard InChI is InChI=1S/C6H13NO6P/c1-2-3-5(14(11,12)13)7(10)4-6(8)9/h5H,2-4H2,1H3,(H,8,9)(H2,11,12,13)/q-1. The van der Waals surface area contributed by atoms with E-state index in [1.165, 1.54) is 0 Å². The Morgan fingerprint density at radius 1 is 1.57 bits per heavy atom. The Morgan fingerprint density at radius 3 is 2.36 bits per heavy atom. The lowest BCUT2D eigenvalue weighted by atomic mass is 10.3. The largest absolute Gasteiger partial charge is 0.784 e. The van der Waals surface area contributed by atoms with Crippen LogP contribution in [0.25, 0.3) is 0 Å². The molecule has 0 rings (SSSR count). The number of carboxylic acid groups (broad SMARTS) is 1. The molecule has 7 nitrogen and oxygen atoms in total. The van der Waals surface area contributed by atoms with Crippen LogP contribution in [-0.4, -0.2) is 38.3 Å². The van der Waals surface area contributed by atoms with Crippen LogP contribution in [0.5, 0.6) is 0 Å². The molecule has 0 radical (unpaired) electrons. The van der Waals surface area contributed by atoms with Crippen molar-refractivity contribution in [2.24, 2.45) is 0 Å². The number of hydrogen-bond acceptors (Lipinski definition) is 4. The van der Waals surface area contributed by atoms with E-state index in [2.05, 4.69) is 0 Å². The molecule has 8 heteroatoms. The van der Waals surface area contributed by atoms with Crippen molar-refractivity contribution >= 4 is 13.6 Å². The summed E-state index contributed by atoms with van der Waals surface area (Å²) >= 11 is 0. The van der Waals surface area contributed by atoms with E-state index in [1.54, 1.807) is 6.92 Å². The summed E-state index contributed by atoms with van der Waals surface area (Å²) in [6.45, 7) is 0.729. The Bertz CT molecular complexity index is 238. The third kappa shape index (κ3) is 4.69. The van der Waals surface area contributed by atoms with Gasteiger partial charge in [-0.2, -0.15) is 0 Å². The van der Waals surface area contributed by atoms with Gasteiger partial charge in [0, 0.05) is 0 Å². The molecule has 0 spiro atoms. The maximum atomic E-state index is 11.0. The van der Waals surface area contributed by atoms with Gasteiger partial charge in [0.25, 0.3) is 0 Å². The van der Waals surface area contributed by atoms with Gasteiger partial charge < -0.3 is 25.2 Å². The number of carboxylic acids is 1. The van der Waals surface area contributed by atoms with Gasteiger partial charge in [-0.1, -0.05) is 13.3 Å². The van der Waals surface area contributed by atoms with Crippen molar-refractivity contribution in [1.29, 1.82) is 0 Å². The van der Waals surface area contributed by atoms with Crippen LogP contribution in [0.1, 0.15) is 19.8 Å². The number of nitrogens with zero attached hydrogens (tertiary/aromatic N) is 1. The van der Waals surface area contributed by atoms with Gasteiger partial charge in [0.2, 0.25) is 0 Å². The monoisotopic (exact) mass is 226 g/mol. The molecule has 0 aromatic heterocycles. The smallest absolute Gasteiger partial charge is 0.341 e. The van der Waals surface area contributed by atoms with Gasteiger partial charge in [0.05, 0.1) is 6.54 Å². The zero-order chi connectivity index (χ0) is 11.4. The van der Waals surface area contributed by atoms with Crippen molar-refractivity contribution in [2.45, 2.75) is 25.5 Å². The van der Waals surface area contributed by atoms with Crippen LogP contribution in [0, 0.1) is 5.21 Å². The Morgan fingerprint density at radius 2 is 2.07 bits per heavy atom. The van der Waals surface area contributed by atoms with Crippen LogP contribution in [0.2, 0.25) is 0 Å². The second-order valence-electron chi connectivity index (χ2n) is 2.83. The highest BCUT2D eigenvalue weighted by Crippen LogP contribution is 2.44. The van der Waals surface area contributed by atoms with E-state index in [0.717, 1.165) is 0 Å². The average molecular weight is 226 g/mol. The first-order valence-corrected chi connectivity index (χ1v) is 5.68. The predicted molar refractivity (Wildman–Crippen MR) is 48.4 cm³/mol. The average Bonchev–Trinajstić information content (AvgIpc) is 1.96. The summed E-state index contributed by atoms with van der Waals surface area (Å²) in [6, 6.07) is 0. The van der Waals surface area contributed by atoms with E-state index in [1.807, 2.05) is 0 Å². The van der Waals surface area contributed by atoms with Crippen molar-refractivity contribution in [3.63, 3.8) is 0 Å². The molecule has 0 aliphatic heterocycles. The van der Waals surface area contributed by atoms with Gasteiger partial charge in [0.15, 0.2) is 0 Å². The quantitative estimate of drug-likeness (QED) is 0.436. The Kier molecular flexibility index (Phi) is 5.25. The number of hydroxylamine groups is 2. The van der Waals surface area contributed by atoms with Gasteiger partial charge in [-0.25, -0.2) is 0 Å². The minimum atomic E-state index is -4.55. The Hall–Kier alpha value is -0.460. The van der Waals surface area contributed by atoms with Gasteiger partial charge in [-0.3, -0.25) is 9.36 Å². The predicted octanol–water partition coefficient (Wildman–Crippen LogP) is 0.175. The number of rotatable bonds is 6. The van der Waals surface area contributed by atoms with E-state index in [0.29, 0.717) is 6.42 Å². The second-order valence-corrected chi connectivity index (χ2v) is 4.60. The second kappa shape index (κ2) is 5.43.